The average molecular weight is 388 g/mol. The highest BCUT2D eigenvalue weighted by molar-refractivity contribution is 5.84. The number of nitrogens with one attached hydrogen (secondary N) is 1. The summed E-state index contributed by atoms with van der Waals surface area (Å²) >= 11 is 0. The van der Waals surface area contributed by atoms with Crippen LogP contribution in [0.15, 0.2) is 54.6 Å². The molecule has 1 atom stereocenters. The molecule has 2 heterocycles. The van der Waals surface area contributed by atoms with Crippen molar-refractivity contribution in [3.05, 3.63) is 60.2 Å². The summed E-state index contributed by atoms with van der Waals surface area (Å²) in [7, 11) is 0. The first-order chi connectivity index (χ1) is 13.4. The number of benzene rings is 2. The van der Waals surface area contributed by atoms with E-state index >= 15 is 0 Å². The molecule has 3 aromatic rings. The molecule has 2 aromatic carbocycles. The van der Waals surface area contributed by atoms with Gasteiger partial charge in [0.25, 0.3) is 5.91 Å². The van der Waals surface area contributed by atoms with Gasteiger partial charge in [0.1, 0.15) is 12.4 Å². The van der Waals surface area contributed by atoms with Gasteiger partial charge in [0.05, 0.1) is 18.0 Å². The number of ether oxygens (including phenoxy) is 1. The highest BCUT2D eigenvalue weighted by Gasteiger charge is 2.34. The van der Waals surface area contributed by atoms with Gasteiger partial charge in [0.2, 0.25) is 5.95 Å². The van der Waals surface area contributed by atoms with Gasteiger partial charge in [-0.05, 0) is 12.1 Å². The minimum atomic E-state index is -4.52. The maximum atomic E-state index is 13.1. The third-order valence-electron chi connectivity index (χ3n) is 4.26. The Morgan fingerprint density at radius 3 is 2.57 bits per heavy atom. The number of para-hydroxylation sites is 1. The molecule has 1 aromatic heterocycles. The van der Waals surface area contributed by atoms with Crippen LogP contribution in [0.4, 0.5) is 19.1 Å². The number of aromatic nitrogens is 3. The molecule has 4 rings (SSSR count). The third-order valence-corrected chi connectivity index (χ3v) is 4.26. The van der Waals surface area contributed by atoms with Crippen molar-refractivity contribution in [2.45, 2.75) is 18.6 Å². The van der Waals surface area contributed by atoms with Crippen LogP contribution >= 0.6 is 0 Å². The summed E-state index contributed by atoms with van der Waals surface area (Å²) < 4.78 is 45.7. The van der Waals surface area contributed by atoms with Gasteiger partial charge in [0, 0.05) is 5.56 Å². The number of carbonyl (C=O) groups excluding carboxylic acids is 1. The van der Waals surface area contributed by atoms with Crippen molar-refractivity contribution in [3.8, 4) is 17.1 Å². The van der Waals surface area contributed by atoms with Crippen molar-refractivity contribution in [3.63, 3.8) is 0 Å². The number of anilines is 1. The average Bonchev–Trinajstić information content (AvgIpc) is 3.11. The van der Waals surface area contributed by atoms with Gasteiger partial charge < -0.3 is 10.1 Å². The lowest BCUT2D eigenvalue weighted by Gasteiger charge is -2.24. The summed E-state index contributed by atoms with van der Waals surface area (Å²) in [6.45, 7) is -0.119. The molecule has 144 valence electrons. The molecule has 1 unspecified atom stereocenters. The molecule has 28 heavy (non-hydrogen) atoms. The van der Waals surface area contributed by atoms with E-state index in [1.165, 1.54) is 22.9 Å². The van der Waals surface area contributed by atoms with Gasteiger partial charge in [-0.1, -0.05) is 42.5 Å². The zero-order valence-corrected chi connectivity index (χ0v) is 14.5. The highest BCUT2D eigenvalue weighted by Crippen LogP contribution is 2.36. The van der Waals surface area contributed by atoms with Gasteiger partial charge in [0.15, 0.2) is 5.82 Å². The maximum absolute atomic E-state index is 13.1. The number of alkyl halides is 3. The number of halogens is 3. The minimum Gasteiger partial charge on any atom is -0.491 e. The van der Waals surface area contributed by atoms with E-state index in [4.69, 9.17) is 4.74 Å². The summed E-state index contributed by atoms with van der Waals surface area (Å²) in [6, 6.07) is 13.6. The maximum Gasteiger partial charge on any atom is 0.419 e. The summed E-state index contributed by atoms with van der Waals surface area (Å²) in [5.74, 6) is 0.0515. The second kappa shape index (κ2) is 6.99. The highest BCUT2D eigenvalue weighted by atomic mass is 19.4. The van der Waals surface area contributed by atoms with E-state index in [2.05, 4.69) is 15.4 Å². The molecule has 0 bridgehead atoms. The van der Waals surface area contributed by atoms with Crippen LogP contribution in [0.2, 0.25) is 0 Å². The molecule has 0 saturated carbocycles. The Morgan fingerprint density at radius 2 is 1.82 bits per heavy atom. The van der Waals surface area contributed by atoms with Crippen molar-refractivity contribution in [2.75, 3.05) is 11.9 Å². The zero-order valence-electron chi connectivity index (χ0n) is 14.5. The molecule has 1 N–H and O–H groups in total. The molecule has 1 aliphatic rings. The second-order valence-corrected chi connectivity index (χ2v) is 6.28. The van der Waals surface area contributed by atoms with Crippen molar-refractivity contribution in [1.29, 1.82) is 0 Å². The molecule has 0 saturated heterocycles. The predicted octanol–water partition coefficient (Wildman–Crippen LogP) is 3.87. The molecule has 1 aliphatic heterocycles. The lowest BCUT2D eigenvalue weighted by atomic mass is 10.1. The van der Waals surface area contributed by atoms with Crippen LogP contribution < -0.4 is 10.1 Å². The van der Waals surface area contributed by atoms with Crippen LogP contribution in [0.25, 0.3) is 11.4 Å². The number of fused-ring (bicyclic) bond motifs is 1. The second-order valence-electron chi connectivity index (χ2n) is 6.28. The van der Waals surface area contributed by atoms with E-state index < -0.39 is 17.8 Å². The first-order valence-electron chi connectivity index (χ1n) is 8.53. The summed E-state index contributed by atoms with van der Waals surface area (Å²) in [4.78, 5) is 16.7. The first kappa shape index (κ1) is 18.0. The van der Waals surface area contributed by atoms with E-state index in [1.807, 2.05) is 30.3 Å². The number of hydrogen-bond acceptors (Lipinski definition) is 5. The van der Waals surface area contributed by atoms with Crippen LogP contribution in [0.3, 0.4) is 0 Å². The topological polar surface area (TPSA) is 69.0 Å². The molecule has 0 radical (unpaired) electrons. The minimum absolute atomic E-state index is 0.0266. The Balaban J connectivity index is 1.50. The summed E-state index contributed by atoms with van der Waals surface area (Å²) in [5, 5.41) is 7.21. The van der Waals surface area contributed by atoms with E-state index in [0.717, 1.165) is 11.6 Å². The Bertz CT molecular complexity index is 1000. The van der Waals surface area contributed by atoms with Crippen molar-refractivity contribution >= 4 is 11.9 Å². The number of hydrogen-bond donors (Lipinski definition) is 1. The van der Waals surface area contributed by atoms with E-state index in [9.17, 15) is 18.0 Å². The predicted molar refractivity (Wildman–Crippen MR) is 95.1 cm³/mol. The van der Waals surface area contributed by atoms with Gasteiger partial charge >= 0.3 is 6.18 Å². The molecule has 0 amide bonds. The number of rotatable bonds is 4. The van der Waals surface area contributed by atoms with Crippen LogP contribution in [0.1, 0.15) is 16.8 Å². The van der Waals surface area contributed by atoms with Crippen molar-refractivity contribution < 1.29 is 22.7 Å². The van der Waals surface area contributed by atoms with E-state index in [-0.39, 0.29) is 30.6 Å². The Morgan fingerprint density at radius 1 is 1.11 bits per heavy atom. The molecule has 9 heteroatoms. The fraction of sp³-hybridized carbons (Fsp3) is 0.211. The Labute approximate surface area is 158 Å². The van der Waals surface area contributed by atoms with Gasteiger partial charge in [-0.3, -0.25) is 4.79 Å². The molecule has 6 nitrogen and oxygen atoms in total. The molecular formula is C19H15F3N4O2. The normalized spacial score (nSPS) is 16.4. The molecular weight excluding hydrogens is 373 g/mol. The van der Waals surface area contributed by atoms with Crippen LogP contribution in [0, 0.1) is 0 Å². The molecule has 0 fully saturated rings. The lowest BCUT2D eigenvalue weighted by molar-refractivity contribution is -0.139. The fourth-order valence-corrected chi connectivity index (χ4v) is 2.94. The van der Waals surface area contributed by atoms with Crippen LogP contribution in [-0.2, 0) is 6.18 Å². The molecule has 0 aliphatic carbocycles. The van der Waals surface area contributed by atoms with Gasteiger partial charge in [-0.15, -0.1) is 5.10 Å². The van der Waals surface area contributed by atoms with E-state index in [1.54, 1.807) is 0 Å². The van der Waals surface area contributed by atoms with Gasteiger partial charge in [-0.25, -0.2) is 0 Å². The number of nitrogens with zero attached hydrogens (tertiary/aromatic N) is 3. The van der Waals surface area contributed by atoms with E-state index in [0.29, 0.717) is 5.82 Å². The smallest absolute Gasteiger partial charge is 0.419 e. The summed E-state index contributed by atoms with van der Waals surface area (Å²) in [5.41, 5.74) is -0.0995. The SMILES string of the molecule is O=C1CC(COc2ccccc2C(F)(F)F)Nc2nc(-c3ccccc3)nn21. The summed E-state index contributed by atoms with van der Waals surface area (Å²) in [6.07, 6.45) is -4.49. The third kappa shape index (κ3) is 3.55. The monoisotopic (exact) mass is 388 g/mol. The molecule has 0 spiro atoms. The first-order valence-corrected chi connectivity index (χ1v) is 8.53. The van der Waals surface area contributed by atoms with Crippen LogP contribution in [-0.4, -0.2) is 33.3 Å². The van der Waals surface area contributed by atoms with Crippen LogP contribution in [0.5, 0.6) is 5.75 Å². The van der Waals surface area contributed by atoms with Crippen molar-refractivity contribution in [1.82, 2.24) is 14.8 Å². The quantitative estimate of drug-likeness (QED) is 0.735. The number of carbonyl (C=O) groups is 1. The zero-order chi connectivity index (χ0) is 19.7. The Hall–Kier alpha value is -3.36. The largest absolute Gasteiger partial charge is 0.491 e. The lowest BCUT2D eigenvalue weighted by Crippen LogP contribution is -2.38. The van der Waals surface area contributed by atoms with Crippen molar-refractivity contribution in [2.24, 2.45) is 0 Å². The fourth-order valence-electron chi connectivity index (χ4n) is 2.94. The Kier molecular flexibility index (Phi) is 4.50. The standard InChI is InChI=1S/C19H15F3N4O2/c20-19(21,22)14-8-4-5-9-15(14)28-11-13-10-16(27)26-18(23-13)24-17(25-26)12-6-2-1-3-7-12/h1-9,13H,10-11H2,(H,23,24,25). The van der Waals surface area contributed by atoms with Gasteiger partial charge in [-0.2, -0.15) is 22.8 Å².